The average molecular weight is 499 g/mol. The van der Waals surface area contributed by atoms with Crippen LogP contribution >= 0.6 is 23.2 Å². The fraction of sp³-hybridized carbons (Fsp3) is 0.545. The Labute approximate surface area is 200 Å². The summed E-state index contributed by atoms with van der Waals surface area (Å²) in [5.74, 6) is -1.52. The molecule has 178 valence electrons. The lowest BCUT2D eigenvalue weighted by atomic mass is 10.0. The van der Waals surface area contributed by atoms with Crippen LogP contribution in [0.5, 0.6) is 0 Å². The molecule has 2 aliphatic rings. The van der Waals surface area contributed by atoms with Crippen molar-refractivity contribution in [3.8, 4) is 0 Å². The monoisotopic (exact) mass is 498 g/mol. The zero-order valence-corrected chi connectivity index (χ0v) is 19.8. The second-order valence-corrected chi connectivity index (χ2v) is 10.3. The van der Waals surface area contributed by atoms with Gasteiger partial charge in [-0.3, -0.25) is 19.1 Å². The van der Waals surface area contributed by atoms with Crippen LogP contribution in [0.15, 0.2) is 18.2 Å². The number of methoxy groups -OCH3 is 1. The molecule has 0 radical (unpaired) electrons. The van der Waals surface area contributed by atoms with Crippen molar-refractivity contribution >= 4 is 51.7 Å². The van der Waals surface area contributed by atoms with Crippen molar-refractivity contribution in [1.29, 1.82) is 0 Å². The molecule has 1 aliphatic carbocycles. The molecule has 1 saturated carbocycles. The number of nitrogens with zero attached hydrogens (tertiary/aromatic N) is 3. The van der Waals surface area contributed by atoms with Gasteiger partial charge in [0.15, 0.2) is 11.5 Å². The van der Waals surface area contributed by atoms with E-state index in [0.717, 1.165) is 5.56 Å². The third-order valence-corrected chi connectivity index (χ3v) is 7.34. The molecular formula is C22H25Cl2FN4O4. The van der Waals surface area contributed by atoms with E-state index in [2.05, 4.69) is 5.10 Å². The number of hydrogen-bond acceptors (Lipinski definition) is 5. The van der Waals surface area contributed by atoms with Crippen LogP contribution in [0.2, 0.25) is 0 Å². The van der Waals surface area contributed by atoms with Crippen molar-refractivity contribution in [2.45, 2.75) is 55.4 Å². The zero-order valence-electron chi connectivity index (χ0n) is 18.3. The lowest BCUT2D eigenvalue weighted by molar-refractivity contribution is -0.140. The highest BCUT2D eigenvalue weighted by atomic mass is 35.5. The molecule has 1 aliphatic heterocycles. The molecule has 2 amide bonds. The highest BCUT2D eigenvalue weighted by molar-refractivity contribution is 6.50. The Morgan fingerprint density at radius 3 is 2.64 bits per heavy atom. The number of primary amides is 1. The van der Waals surface area contributed by atoms with Gasteiger partial charge in [-0.15, -0.1) is 23.2 Å². The smallest absolute Gasteiger partial charge is 0.269 e. The van der Waals surface area contributed by atoms with Crippen LogP contribution < -0.4 is 5.73 Å². The summed E-state index contributed by atoms with van der Waals surface area (Å²) >= 11 is 12.1. The molecule has 1 aromatic carbocycles. The Kier molecular flexibility index (Phi) is 6.41. The summed E-state index contributed by atoms with van der Waals surface area (Å²) in [7, 11) is 1.32. The number of fused-ring (bicyclic) bond motifs is 1. The first kappa shape index (κ1) is 23.9. The molecule has 0 spiro atoms. The summed E-state index contributed by atoms with van der Waals surface area (Å²) in [6.45, 7) is 1.31. The topological polar surface area (TPSA) is 108 Å². The Bertz CT molecular complexity index is 1120. The minimum atomic E-state index is -1.51. The Morgan fingerprint density at radius 2 is 2.03 bits per heavy atom. The van der Waals surface area contributed by atoms with Gasteiger partial charge in [-0.2, -0.15) is 5.10 Å². The normalized spacial score (nSPS) is 26.0. The largest absolute Gasteiger partial charge is 0.376 e. The van der Waals surface area contributed by atoms with Crippen LogP contribution in [0, 0.1) is 12.8 Å². The molecule has 0 bridgehead atoms. The Morgan fingerprint density at radius 1 is 1.33 bits per heavy atom. The maximum absolute atomic E-state index is 14.7. The van der Waals surface area contributed by atoms with Crippen LogP contribution in [0.1, 0.15) is 35.3 Å². The number of aryl methyl sites for hydroxylation is 1. The average Bonchev–Trinajstić information content (AvgIpc) is 3.06. The van der Waals surface area contributed by atoms with E-state index < -0.39 is 34.5 Å². The van der Waals surface area contributed by atoms with Crippen molar-refractivity contribution < 1.29 is 23.5 Å². The van der Waals surface area contributed by atoms with Gasteiger partial charge in [0.1, 0.15) is 29.2 Å². The summed E-state index contributed by atoms with van der Waals surface area (Å²) in [4.78, 5) is 39.3. The number of alkyl halides is 3. The standard InChI is InChI=1S/C22H25Cl2FN4O4/c1-11-3-5-13-15(7-11)29(27-18(13)21(26)32)10-17(31)28-9-14(25)20(33-2)19(28)16(30)6-4-12-8-22(12,23)24/h3,5,7,12,14,19-20H,4,6,8-10H2,1-2H3,(H2,26,32)/t12-,14-,19+,20+/m0/s1. The van der Waals surface area contributed by atoms with Crippen LogP contribution in [0.4, 0.5) is 4.39 Å². The highest BCUT2D eigenvalue weighted by Gasteiger charge is 2.52. The van der Waals surface area contributed by atoms with Gasteiger partial charge in [0.25, 0.3) is 5.91 Å². The molecule has 2 aromatic rings. The van der Waals surface area contributed by atoms with Crippen molar-refractivity contribution in [2.75, 3.05) is 13.7 Å². The number of halogens is 3. The third kappa shape index (κ3) is 4.58. The fourth-order valence-corrected chi connectivity index (χ4v) is 5.11. The van der Waals surface area contributed by atoms with Gasteiger partial charge in [0.05, 0.1) is 12.1 Å². The molecule has 33 heavy (non-hydrogen) atoms. The van der Waals surface area contributed by atoms with Crippen LogP contribution in [-0.2, 0) is 20.9 Å². The van der Waals surface area contributed by atoms with Gasteiger partial charge < -0.3 is 15.4 Å². The fourth-order valence-electron chi connectivity index (χ4n) is 4.52. The Hall–Kier alpha value is -2.23. The molecule has 2 fully saturated rings. The van der Waals surface area contributed by atoms with Gasteiger partial charge in [-0.05, 0) is 37.3 Å². The van der Waals surface area contributed by atoms with Crippen molar-refractivity contribution in [3.63, 3.8) is 0 Å². The second kappa shape index (κ2) is 8.85. The summed E-state index contributed by atoms with van der Waals surface area (Å²) in [5.41, 5.74) is 6.94. The van der Waals surface area contributed by atoms with Gasteiger partial charge in [0, 0.05) is 18.9 Å². The number of ether oxygens (including phenoxy) is 1. The van der Waals surface area contributed by atoms with Crippen molar-refractivity contribution in [1.82, 2.24) is 14.7 Å². The summed E-state index contributed by atoms with van der Waals surface area (Å²) < 4.78 is 20.5. The minimum Gasteiger partial charge on any atom is -0.376 e. The van der Waals surface area contributed by atoms with E-state index in [1.54, 1.807) is 12.1 Å². The number of amides is 2. The van der Waals surface area contributed by atoms with E-state index in [4.69, 9.17) is 33.7 Å². The first-order valence-electron chi connectivity index (χ1n) is 10.7. The SMILES string of the molecule is CO[C@H]1[C@@H](C(=O)CC[C@H]2CC2(Cl)Cl)N(C(=O)Cn2nc(C(N)=O)c3ccc(C)cc32)C[C@@H]1F. The maximum atomic E-state index is 14.7. The maximum Gasteiger partial charge on any atom is 0.269 e. The predicted molar refractivity (Wildman–Crippen MR) is 121 cm³/mol. The number of carbonyl (C=O) groups is 3. The summed E-state index contributed by atoms with van der Waals surface area (Å²) in [6, 6.07) is 4.25. The van der Waals surface area contributed by atoms with E-state index in [0.29, 0.717) is 23.7 Å². The van der Waals surface area contributed by atoms with E-state index >= 15 is 0 Å². The summed E-state index contributed by atoms with van der Waals surface area (Å²) in [6.07, 6.45) is -1.39. The number of benzene rings is 1. The number of nitrogens with two attached hydrogens (primary N) is 1. The van der Waals surface area contributed by atoms with Crippen LogP contribution in [0.3, 0.4) is 0 Å². The molecule has 1 saturated heterocycles. The number of likely N-dealkylation sites (tertiary alicyclic amines) is 1. The number of hydrogen-bond donors (Lipinski definition) is 1. The first-order chi connectivity index (χ1) is 15.5. The molecule has 4 rings (SSSR count). The van der Waals surface area contributed by atoms with E-state index in [-0.39, 0.29) is 36.9 Å². The first-order valence-corrected chi connectivity index (χ1v) is 11.4. The van der Waals surface area contributed by atoms with Crippen LogP contribution in [-0.4, -0.2) is 68.6 Å². The number of aromatic nitrogens is 2. The third-order valence-electron chi connectivity index (χ3n) is 6.42. The number of rotatable bonds is 8. The Balaban J connectivity index is 1.56. The van der Waals surface area contributed by atoms with Gasteiger partial charge >= 0.3 is 0 Å². The summed E-state index contributed by atoms with van der Waals surface area (Å²) in [5, 5.41) is 4.73. The molecule has 4 atom stereocenters. The van der Waals surface area contributed by atoms with Crippen molar-refractivity contribution in [3.05, 3.63) is 29.5 Å². The molecule has 2 heterocycles. The molecule has 11 heteroatoms. The predicted octanol–water partition coefficient (Wildman–Crippen LogP) is 2.55. The number of carbonyl (C=O) groups excluding carboxylic acids is 3. The lowest BCUT2D eigenvalue weighted by Gasteiger charge is -2.26. The van der Waals surface area contributed by atoms with E-state index in [9.17, 15) is 18.8 Å². The quantitative estimate of drug-likeness (QED) is 0.562. The highest BCUT2D eigenvalue weighted by Crippen LogP contribution is 2.55. The second-order valence-electron chi connectivity index (χ2n) is 8.77. The molecule has 8 nitrogen and oxygen atoms in total. The van der Waals surface area contributed by atoms with Gasteiger partial charge in [-0.25, -0.2) is 4.39 Å². The van der Waals surface area contributed by atoms with E-state index in [1.807, 2.05) is 13.0 Å². The number of Topliss-reactive ketones (excluding diaryl/α,β-unsaturated/α-hetero) is 1. The molecular weight excluding hydrogens is 474 g/mol. The molecule has 1 aromatic heterocycles. The molecule has 0 unspecified atom stereocenters. The zero-order chi connectivity index (χ0) is 24.1. The molecule has 2 N–H and O–H groups in total. The number of ketones is 1. The van der Waals surface area contributed by atoms with E-state index in [1.165, 1.54) is 16.7 Å². The van der Waals surface area contributed by atoms with Gasteiger partial charge in [0.2, 0.25) is 5.91 Å². The van der Waals surface area contributed by atoms with Crippen LogP contribution in [0.25, 0.3) is 10.9 Å². The van der Waals surface area contributed by atoms with Crippen molar-refractivity contribution in [2.24, 2.45) is 11.7 Å². The lowest BCUT2D eigenvalue weighted by Crippen LogP contribution is -2.47. The minimum absolute atomic E-state index is 0.00315. The van der Waals surface area contributed by atoms with Gasteiger partial charge in [-0.1, -0.05) is 12.1 Å².